The third-order valence-electron chi connectivity index (χ3n) is 4.49. The smallest absolute Gasteiger partial charge is 0.243 e. The summed E-state index contributed by atoms with van der Waals surface area (Å²) in [6, 6.07) is 8.09. The molecule has 1 atom stereocenters. The lowest BCUT2D eigenvalue weighted by atomic mass is 10.0. The van der Waals surface area contributed by atoms with Gasteiger partial charge in [-0.25, -0.2) is 26.3 Å². The number of benzene rings is 2. The van der Waals surface area contributed by atoms with Crippen LogP contribution in [0.2, 0.25) is 0 Å². The third-order valence-corrected chi connectivity index (χ3v) is 5.93. The van der Waals surface area contributed by atoms with Crippen molar-refractivity contribution < 1.29 is 26.3 Å². The zero-order valence-corrected chi connectivity index (χ0v) is 16.7. The molecule has 28 heavy (non-hydrogen) atoms. The van der Waals surface area contributed by atoms with Crippen LogP contribution in [0.5, 0.6) is 5.75 Å². The van der Waals surface area contributed by atoms with E-state index in [0.29, 0.717) is 31.0 Å². The first-order valence-electron chi connectivity index (χ1n) is 8.76. The Bertz CT molecular complexity index is 919. The second kappa shape index (κ2) is 9.40. The van der Waals surface area contributed by atoms with E-state index in [-0.39, 0.29) is 12.6 Å². The van der Waals surface area contributed by atoms with E-state index in [1.165, 1.54) is 7.11 Å². The molecular weight excluding hydrogens is 393 g/mol. The highest BCUT2D eigenvalue weighted by Gasteiger charge is 2.26. The quantitative estimate of drug-likeness (QED) is 0.636. The number of nitrogens with zero attached hydrogens (tertiary/aromatic N) is 1. The summed E-state index contributed by atoms with van der Waals surface area (Å²) in [7, 11) is -2.86. The summed E-state index contributed by atoms with van der Waals surface area (Å²) in [6.07, 6.45) is 0. The summed E-state index contributed by atoms with van der Waals surface area (Å²) in [4.78, 5) is 1.08. The number of sulfonamides is 1. The van der Waals surface area contributed by atoms with Crippen LogP contribution >= 0.6 is 0 Å². The maximum absolute atomic E-state index is 13.9. The van der Waals surface area contributed by atoms with Gasteiger partial charge < -0.3 is 4.74 Å². The van der Waals surface area contributed by atoms with Crippen LogP contribution in [0, 0.1) is 17.5 Å². The molecule has 0 aromatic heterocycles. The fourth-order valence-corrected chi connectivity index (χ4v) is 4.06. The Kier molecular flexibility index (Phi) is 7.45. The van der Waals surface area contributed by atoms with Crippen molar-refractivity contribution in [3.63, 3.8) is 0 Å². The molecule has 0 saturated carbocycles. The van der Waals surface area contributed by atoms with E-state index in [1.54, 1.807) is 18.2 Å². The molecule has 2 aromatic carbocycles. The Morgan fingerprint density at radius 3 is 2.36 bits per heavy atom. The molecule has 0 heterocycles. The monoisotopic (exact) mass is 416 g/mol. The fraction of sp³-hybridized carbons (Fsp3) is 0.368. The Hall–Kier alpha value is -2.10. The lowest BCUT2D eigenvalue weighted by Crippen LogP contribution is -2.38. The first-order valence-corrected chi connectivity index (χ1v) is 10.2. The van der Waals surface area contributed by atoms with E-state index in [2.05, 4.69) is 4.72 Å². The molecule has 5 nitrogen and oxygen atoms in total. The zero-order chi connectivity index (χ0) is 20.9. The number of likely N-dealkylation sites (N-methyl/N-ethyl adjacent to an activating group) is 1. The Balaban J connectivity index is 2.33. The highest BCUT2D eigenvalue weighted by Crippen LogP contribution is 2.25. The number of hydrogen-bond donors (Lipinski definition) is 1. The molecule has 0 radical (unpaired) electrons. The van der Waals surface area contributed by atoms with Crippen molar-refractivity contribution in [2.45, 2.75) is 24.8 Å². The van der Waals surface area contributed by atoms with Crippen molar-refractivity contribution in [1.82, 2.24) is 9.62 Å². The van der Waals surface area contributed by atoms with E-state index in [1.807, 2.05) is 24.8 Å². The van der Waals surface area contributed by atoms with Gasteiger partial charge in [-0.15, -0.1) is 0 Å². The minimum absolute atomic E-state index is 0.0877. The Labute approximate surface area is 163 Å². The molecule has 2 aromatic rings. The van der Waals surface area contributed by atoms with E-state index >= 15 is 0 Å². The summed E-state index contributed by atoms with van der Waals surface area (Å²) in [6.45, 7) is 5.05. The van der Waals surface area contributed by atoms with Gasteiger partial charge in [-0.2, -0.15) is 0 Å². The molecule has 0 aliphatic heterocycles. The van der Waals surface area contributed by atoms with Gasteiger partial charge >= 0.3 is 0 Å². The molecular formula is C19H23F3N2O3S. The van der Waals surface area contributed by atoms with E-state index in [9.17, 15) is 21.6 Å². The van der Waals surface area contributed by atoms with Crippen molar-refractivity contribution in [2.75, 3.05) is 26.7 Å². The number of rotatable bonds is 9. The van der Waals surface area contributed by atoms with Crippen LogP contribution in [-0.4, -0.2) is 40.1 Å². The zero-order valence-electron chi connectivity index (χ0n) is 15.9. The van der Waals surface area contributed by atoms with Crippen LogP contribution < -0.4 is 9.46 Å². The lowest BCUT2D eigenvalue weighted by Gasteiger charge is -2.30. The van der Waals surface area contributed by atoms with Crippen LogP contribution in [0.1, 0.15) is 25.5 Å². The fourth-order valence-electron chi connectivity index (χ4n) is 2.95. The number of hydrogen-bond acceptors (Lipinski definition) is 4. The van der Waals surface area contributed by atoms with E-state index < -0.39 is 32.4 Å². The predicted octanol–water partition coefficient (Wildman–Crippen LogP) is 3.47. The number of ether oxygens (including phenoxy) is 1. The third kappa shape index (κ3) is 4.84. The van der Waals surface area contributed by atoms with E-state index in [0.717, 1.165) is 5.56 Å². The second-order valence-corrected chi connectivity index (χ2v) is 7.77. The second-order valence-electron chi connectivity index (χ2n) is 6.04. The molecule has 0 spiro atoms. The van der Waals surface area contributed by atoms with Gasteiger partial charge in [-0.3, -0.25) is 4.90 Å². The highest BCUT2D eigenvalue weighted by atomic mass is 32.2. The average molecular weight is 416 g/mol. The van der Waals surface area contributed by atoms with Gasteiger partial charge in [-0.05, 0) is 42.9 Å². The minimum atomic E-state index is -4.39. The van der Waals surface area contributed by atoms with Crippen LogP contribution in [0.3, 0.4) is 0 Å². The molecule has 0 aliphatic rings. The van der Waals surface area contributed by atoms with Gasteiger partial charge in [0.15, 0.2) is 17.5 Å². The maximum atomic E-state index is 13.9. The van der Waals surface area contributed by atoms with Gasteiger partial charge in [0, 0.05) is 12.6 Å². The molecule has 1 unspecified atom stereocenters. The van der Waals surface area contributed by atoms with Crippen LogP contribution in [0.25, 0.3) is 0 Å². The summed E-state index contributed by atoms with van der Waals surface area (Å²) >= 11 is 0. The van der Waals surface area contributed by atoms with Crippen molar-refractivity contribution in [3.8, 4) is 5.75 Å². The molecule has 0 saturated heterocycles. The Morgan fingerprint density at radius 1 is 1.07 bits per heavy atom. The number of halogens is 3. The average Bonchev–Trinajstić information content (AvgIpc) is 2.69. The lowest BCUT2D eigenvalue weighted by molar-refractivity contribution is 0.219. The summed E-state index contributed by atoms with van der Waals surface area (Å²) in [5, 5.41) is 0. The summed E-state index contributed by atoms with van der Waals surface area (Å²) in [5.74, 6) is -4.40. The molecule has 9 heteroatoms. The molecule has 0 aliphatic carbocycles. The minimum Gasteiger partial charge on any atom is -0.497 e. The Morgan fingerprint density at radius 2 is 1.75 bits per heavy atom. The topological polar surface area (TPSA) is 58.6 Å². The largest absolute Gasteiger partial charge is 0.497 e. The van der Waals surface area contributed by atoms with Crippen LogP contribution in [-0.2, 0) is 10.0 Å². The van der Waals surface area contributed by atoms with Gasteiger partial charge in [0.05, 0.1) is 7.11 Å². The molecule has 2 rings (SSSR count). The summed E-state index contributed by atoms with van der Waals surface area (Å²) in [5.41, 5.74) is 0.802. The van der Waals surface area contributed by atoms with Crippen LogP contribution in [0.4, 0.5) is 13.2 Å². The molecule has 1 N–H and O–H groups in total. The first kappa shape index (κ1) is 22.2. The SMILES string of the molecule is CCN(CC)C(CNS(=O)(=O)c1ccc(F)c(F)c1F)c1cccc(OC)c1. The number of nitrogens with one attached hydrogen (secondary N) is 1. The van der Waals surface area contributed by atoms with Crippen molar-refractivity contribution >= 4 is 10.0 Å². The molecule has 0 fully saturated rings. The van der Waals surface area contributed by atoms with E-state index in [4.69, 9.17) is 4.74 Å². The van der Waals surface area contributed by atoms with Gasteiger partial charge in [-0.1, -0.05) is 26.0 Å². The van der Waals surface area contributed by atoms with Gasteiger partial charge in [0.2, 0.25) is 10.0 Å². The van der Waals surface area contributed by atoms with Crippen molar-refractivity contribution in [2.24, 2.45) is 0 Å². The highest BCUT2D eigenvalue weighted by molar-refractivity contribution is 7.89. The maximum Gasteiger partial charge on any atom is 0.243 e. The standard InChI is InChI=1S/C19H23F3N2O3S/c1-4-24(5-2)16(13-7-6-8-14(11-13)27-3)12-23-28(25,26)17-10-9-15(20)18(21)19(17)22/h6-11,16,23H,4-5,12H2,1-3H3. The summed E-state index contributed by atoms with van der Waals surface area (Å²) < 4.78 is 73.0. The predicted molar refractivity (Wildman–Crippen MR) is 100 cm³/mol. The molecule has 0 amide bonds. The van der Waals surface area contributed by atoms with Gasteiger partial charge in [0.25, 0.3) is 0 Å². The van der Waals surface area contributed by atoms with Gasteiger partial charge in [0.1, 0.15) is 10.6 Å². The molecule has 0 bridgehead atoms. The van der Waals surface area contributed by atoms with Crippen LogP contribution in [0.15, 0.2) is 41.3 Å². The normalized spacial score (nSPS) is 13.0. The van der Waals surface area contributed by atoms with Crippen molar-refractivity contribution in [3.05, 3.63) is 59.4 Å². The van der Waals surface area contributed by atoms with Crippen molar-refractivity contribution in [1.29, 1.82) is 0 Å². The molecule has 154 valence electrons. The first-order chi connectivity index (χ1) is 13.2. The number of methoxy groups -OCH3 is 1.